The van der Waals surface area contributed by atoms with Crippen molar-refractivity contribution in [3.63, 3.8) is 0 Å². The third kappa shape index (κ3) is 6.04. The van der Waals surface area contributed by atoms with Gasteiger partial charge < -0.3 is 5.32 Å². The van der Waals surface area contributed by atoms with Crippen LogP contribution in [0.15, 0.2) is 41.3 Å². The molecule has 2 N–H and O–H groups in total. The fraction of sp³-hybridized carbons (Fsp3) is 0.350. The molecule has 30 heavy (non-hydrogen) atoms. The number of anilines is 2. The molecule has 0 radical (unpaired) electrons. The second kappa shape index (κ2) is 9.15. The zero-order chi connectivity index (χ0) is 22.7. The Hall–Kier alpha value is -2.43. The average Bonchev–Trinajstić information content (AvgIpc) is 2.60. The Morgan fingerprint density at radius 2 is 1.67 bits per heavy atom. The van der Waals surface area contributed by atoms with Gasteiger partial charge >= 0.3 is 0 Å². The highest BCUT2D eigenvalue weighted by molar-refractivity contribution is 7.92. The molecular formula is C20H27N3O5S2. The molecule has 0 bridgehead atoms. The van der Waals surface area contributed by atoms with E-state index in [2.05, 4.69) is 10.0 Å². The first-order valence-corrected chi connectivity index (χ1v) is 12.6. The van der Waals surface area contributed by atoms with Crippen molar-refractivity contribution < 1.29 is 21.6 Å². The van der Waals surface area contributed by atoms with E-state index < -0.39 is 20.0 Å². The number of carbonyl (C=O) groups is 1. The maximum Gasteiger partial charge on any atom is 0.240 e. The molecule has 0 aliphatic rings. The number of nitrogens with zero attached hydrogens (tertiary/aromatic N) is 1. The van der Waals surface area contributed by atoms with Crippen molar-refractivity contribution in [3.05, 3.63) is 53.1 Å². The van der Waals surface area contributed by atoms with E-state index in [1.54, 1.807) is 26.0 Å². The van der Waals surface area contributed by atoms with Crippen LogP contribution in [0.1, 0.15) is 23.1 Å². The summed E-state index contributed by atoms with van der Waals surface area (Å²) in [6, 6.07) is 10.3. The zero-order valence-electron chi connectivity index (χ0n) is 17.7. The Labute approximate surface area is 178 Å². The predicted octanol–water partition coefficient (Wildman–Crippen LogP) is 2.31. The summed E-state index contributed by atoms with van der Waals surface area (Å²) in [5.74, 6) is -0.318. The van der Waals surface area contributed by atoms with Gasteiger partial charge in [-0.25, -0.2) is 21.6 Å². The zero-order valence-corrected chi connectivity index (χ0v) is 19.3. The van der Waals surface area contributed by atoms with Gasteiger partial charge in [0.1, 0.15) is 0 Å². The molecule has 0 aliphatic carbocycles. The van der Waals surface area contributed by atoms with E-state index in [0.29, 0.717) is 16.8 Å². The van der Waals surface area contributed by atoms with Gasteiger partial charge in [-0.2, -0.15) is 0 Å². The molecular weight excluding hydrogens is 426 g/mol. The molecule has 2 aromatic carbocycles. The maximum atomic E-state index is 12.8. The summed E-state index contributed by atoms with van der Waals surface area (Å²) in [5.41, 5.74) is 3.04. The minimum Gasteiger partial charge on any atom is -0.326 e. The van der Waals surface area contributed by atoms with Crippen molar-refractivity contribution in [1.82, 2.24) is 4.72 Å². The van der Waals surface area contributed by atoms with Gasteiger partial charge in [0.15, 0.2) is 0 Å². The molecule has 0 spiro atoms. The molecule has 0 fully saturated rings. The van der Waals surface area contributed by atoms with Crippen LogP contribution in [0.3, 0.4) is 0 Å². The van der Waals surface area contributed by atoms with Gasteiger partial charge in [0.2, 0.25) is 26.0 Å². The minimum absolute atomic E-state index is 0.0299. The van der Waals surface area contributed by atoms with E-state index >= 15 is 0 Å². The molecule has 0 saturated carbocycles. The summed E-state index contributed by atoms with van der Waals surface area (Å²) < 4.78 is 52.7. The van der Waals surface area contributed by atoms with E-state index in [4.69, 9.17) is 0 Å². The van der Waals surface area contributed by atoms with Gasteiger partial charge in [-0.3, -0.25) is 9.10 Å². The van der Waals surface area contributed by atoms with Crippen LogP contribution in [-0.2, 0) is 24.8 Å². The van der Waals surface area contributed by atoms with Crippen LogP contribution < -0.4 is 14.3 Å². The lowest BCUT2D eigenvalue weighted by molar-refractivity contribution is -0.116. The van der Waals surface area contributed by atoms with E-state index in [1.165, 1.54) is 13.1 Å². The van der Waals surface area contributed by atoms with Gasteiger partial charge in [-0.15, -0.1) is 0 Å². The first-order valence-electron chi connectivity index (χ1n) is 9.22. The number of hydrogen-bond donors (Lipinski definition) is 2. The van der Waals surface area contributed by atoms with Crippen LogP contribution in [-0.4, -0.2) is 42.6 Å². The van der Waals surface area contributed by atoms with Crippen molar-refractivity contribution in [2.75, 3.05) is 29.5 Å². The lowest BCUT2D eigenvalue weighted by Gasteiger charge is -2.21. The number of nitrogens with one attached hydrogen (secondary N) is 2. The topological polar surface area (TPSA) is 113 Å². The van der Waals surface area contributed by atoms with Crippen molar-refractivity contribution in [3.8, 4) is 0 Å². The van der Waals surface area contributed by atoms with Crippen molar-refractivity contribution in [2.24, 2.45) is 0 Å². The SMILES string of the molecule is Cc1cccc(NC(=O)CCNS(=O)(=O)c2cc(N(C)S(C)(=O)=O)c(C)cc2C)c1. The molecule has 0 aromatic heterocycles. The summed E-state index contributed by atoms with van der Waals surface area (Å²) in [6.07, 6.45) is 1.000. The molecule has 2 aromatic rings. The highest BCUT2D eigenvalue weighted by Crippen LogP contribution is 2.27. The van der Waals surface area contributed by atoms with Crippen LogP contribution in [0.2, 0.25) is 0 Å². The normalized spacial score (nSPS) is 11.9. The number of carbonyl (C=O) groups excluding carboxylic acids is 1. The quantitative estimate of drug-likeness (QED) is 0.637. The Bertz CT molecular complexity index is 1160. The van der Waals surface area contributed by atoms with Gasteiger partial charge in [0.25, 0.3) is 0 Å². The fourth-order valence-corrected chi connectivity index (χ4v) is 4.78. The summed E-state index contributed by atoms with van der Waals surface area (Å²) in [6.45, 7) is 5.16. The van der Waals surface area contributed by atoms with Gasteiger partial charge in [0, 0.05) is 25.7 Å². The monoisotopic (exact) mass is 453 g/mol. The lowest BCUT2D eigenvalue weighted by atomic mass is 10.1. The second-order valence-electron chi connectivity index (χ2n) is 7.20. The summed E-state index contributed by atoms with van der Waals surface area (Å²) in [7, 11) is -6.12. The largest absolute Gasteiger partial charge is 0.326 e. The number of benzene rings is 2. The number of rotatable bonds is 8. The van der Waals surface area contributed by atoms with Gasteiger partial charge in [-0.1, -0.05) is 18.2 Å². The molecule has 2 rings (SSSR count). The lowest BCUT2D eigenvalue weighted by Crippen LogP contribution is -2.29. The predicted molar refractivity (Wildman–Crippen MR) is 119 cm³/mol. The number of aryl methyl sites for hydroxylation is 3. The molecule has 164 valence electrons. The van der Waals surface area contributed by atoms with Crippen molar-refractivity contribution >= 4 is 37.3 Å². The van der Waals surface area contributed by atoms with Crippen LogP contribution in [0.5, 0.6) is 0 Å². The van der Waals surface area contributed by atoms with E-state index in [1.807, 2.05) is 25.1 Å². The number of sulfonamides is 2. The number of amides is 1. The first-order chi connectivity index (χ1) is 13.8. The Morgan fingerprint density at radius 3 is 2.27 bits per heavy atom. The summed E-state index contributed by atoms with van der Waals surface area (Å²) in [4.78, 5) is 12.1. The van der Waals surface area contributed by atoms with Crippen LogP contribution in [0.4, 0.5) is 11.4 Å². The second-order valence-corrected chi connectivity index (χ2v) is 10.9. The first kappa shape index (κ1) is 23.8. The third-order valence-electron chi connectivity index (χ3n) is 4.57. The third-order valence-corrected chi connectivity index (χ3v) is 7.36. The van der Waals surface area contributed by atoms with Crippen molar-refractivity contribution in [2.45, 2.75) is 32.1 Å². The molecule has 10 heteroatoms. The minimum atomic E-state index is -3.94. The molecule has 0 unspecified atom stereocenters. The molecule has 0 saturated heterocycles. The van der Waals surface area contributed by atoms with E-state index in [-0.39, 0.29) is 29.5 Å². The van der Waals surface area contributed by atoms with Gasteiger partial charge in [0.05, 0.1) is 16.8 Å². The molecule has 1 amide bonds. The van der Waals surface area contributed by atoms with Gasteiger partial charge in [-0.05, 0) is 55.7 Å². The smallest absolute Gasteiger partial charge is 0.240 e. The summed E-state index contributed by atoms with van der Waals surface area (Å²) >= 11 is 0. The van der Waals surface area contributed by atoms with Crippen molar-refractivity contribution in [1.29, 1.82) is 0 Å². The molecule has 0 heterocycles. The molecule has 8 nitrogen and oxygen atoms in total. The van der Waals surface area contributed by atoms with E-state index in [0.717, 1.165) is 16.1 Å². The van der Waals surface area contributed by atoms with Crippen LogP contribution in [0, 0.1) is 20.8 Å². The Balaban J connectivity index is 2.12. The average molecular weight is 454 g/mol. The molecule has 0 atom stereocenters. The van der Waals surface area contributed by atoms with Crippen LogP contribution >= 0.6 is 0 Å². The highest BCUT2D eigenvalue weighted by atomic mass is 32.2. The van der Waals surface area contributed by atoms with E-state index in [9.17, 15) is 21.6 Å². The molecule has 0 aliphatic heterocycles. The summed E-state index contributed by atoms with van der Waals surface area (Å²) in [5, 5.41) is 2.72. The van der Waals surface area contributed by atoms with Crippen LogP contribution in [0.25, 0.3) is 0 Å². The number of hydrogen-bond acceptors (Lipinski definition) is 5. The maximum absolute atomic E-state index is 12.8. The Kier molecular flexibility index (Phi) is 7.27. The Morgan fingerprint density at radius 1 is 1.00 bits per heavy atom. The standard InChI is InChI=1S/C20H27N3O5S2/c1-14-7-6-8-17(11-14)22-20(24)9-10-21-30(27,28)19-13-18(15(2)12-16(19)3)23(4)29(5,25)26/h6-8,11-13,21H,9-10H2,1-5H3,(H,22,24). The highest BCUT2D eigenvalue weighted by Gasteiger charge is 2.22. The fourth-order valence-electron chi connectivity index (χ4n) is 2.95.